The van der Waals surface area contributed by atoms with Gasteiger partial charge in [0.2, 0.25) is 10.0 Å². The lowest BCUT2D eigenvalue weighted by Crippen LogP contribution is -2.18. The maximum absolute atomic E-state index is 11.1. The largest absolute Gasteiger partial charge is 0.465 e. The van der Waals surface area contributed by atoms with Gasteiger partial charge in [-0.3, -0.25) is 4.79 Å². The summed E-state index contributed by atoms with van der Waals surface area (Å²) in [5.41, 5.74) is 6.27. The first kappa shape index (κ1) is 14.3. The summed E-state index contributed by atoms with van der Waals surface area (Å²) in [6.45, 7) is 1.94. The Bertz CT molecular complexity index is 542. The minimum absolute atomic E-state index is 0.0488. The van der Waals surface area contributed by atoms with E-state index in [1.165, 1.54) is 18.2 Å². The predicted molar refractivity (Wildman–Crippen MR) is 67.4 cm³/mol. The Balaban J connectivity index is 2.78. The number of primary sulfonamides is 1. The highest BCUT2D eigenvalue weighted by atomic mass is 32.2. The Kier molecular flexibility index (Phi) is 4.51. The molecule has 0 fully saturated rings. The molecule has 18 heavy (non-hydrogen) atoms. The Morgan fingerprint density at radius 2 is 2.11 bits per heavy atom. The van der Waals surface area contributed by atoms with Crippen LogP contribution in [0.25, 0.3) is 0 Å². The van der Waals surface area contributed by atoms with Gasteiger partial charge in [-0.1, -0.05) is 0 Å². The molecule has 0 saturated carbocycles. The molecule has 0 spiro atoms. The van der Waals surface area contributed by atoms with Crippen molar-refractivity contribution in [1.29, 1.82) is 0 Å². The number of nitrogens with two attached hydrogens (primary N) is 2. The molecule has 1 rings (SSSR count). The summed E-state index contributed by atoms with van der Waals surface area (Å²) in [5, 5.41) is 7.70. The van der Waals surface area contributed by atoms with Gasteiger partial charge < -0.3 is 15.8 Å². The second-order valence-corrected chi connectivity index (χ2v) is 5.01. The van der Waals surface area contributed by atoms with Gasteiger partial charge in [-0.25, -0.2) is 13.6 Å². The number of nitrogens with one attached hydrogen (secondary N) is 1. The van der Waals surface area contributed by atoms with Crippen molar-refractivity contribution < 1.29 is 17.9 Å². The third kappa shape index (κ3) is 3.90. The molecule has 0 aliphatic carbocycles. The summed E-state index contributed by atoms with van der Waals surface area (Å²) >= 11 is 0. The van der Waals surface area contributed by atoms with Crippen molar-refractivity contribution >= 4 is 27.4 Å². The van der Waals surface area contributed by atoms with Crippen LogP contribution in [0.1, 0.15) is 6.92 Å². The lowest BCUT2D eigenvalue weighted by atomic mass is 10.2. The smallest absolute Gasteiger partial charge is 0.325 e. The van der Waals surface area contributed by atoms with Crippen molar-refractivity contribution in [2.24, 2.45) is 5.14 Å². The average molecular weight is 273 g/mol. The van der Waals surface area contributed by atoms with Gasteiger partial charge in [-0.2, -0.15) is 0 Å². The van der Waals surface area contributed by atoms with Crippen molar-refractivity contribution in [3.05, 3.63) is 18.2 Å². The van der Waals surface area contributed by atoms with Crippen LogP contribution in [-0.4, -0.2) is 27.5 Å². The van der Waals surface area contributed by atoms with Gasteiger partial charge in [-0.15, -0.1) is 0 Å². The van der Waals surface area contributed by atoms with Gasteiger partial charge in [0.05, 0.1) is 22.9 Å². The second-order valence-electron chi connectivity index (χ2n) is 3.45. The van der Waals surface area contributed by atoms with Crippen molar-refractivity contribution in [1.82, 2.24) is 0 Å². The lowest BCUT2D eigenvalue weighted by Gasteiger charge is -2.09. The average Bonchev–Trinajstić information content (AvgIpc) is 2.26. The first-order chi connectivity index (χ1) is 8.34. The predicted octanol–water partition coefficient (Wildman–Crippen LogP) is -0.109. The van der Waals surface area contributed by atoms with Crippen LogP contribution in [0, 0.1) is 0 Å². The number of nitrogen functional groups attached to an aromatic ring is 1. The quantitative estimate of drug-likeness (QED) is 0.508. The number of rotatable bonds is 5. The van der Waals surface area contributed by atoms with E-state index >= 15 is 0 Å². The third-order valence-corrected chi connectivity index (χ3v) is 2.99. The maximum atomic E-state index is 11.1. The van der Waals surface area contributed by atoms with E-state index in [0.717, 1.165) is 0 Å². The maximum Gasteiger partial charge on any atom is 0.325 e. The first-order valence-electron chi connectivity index (χ1n) is 5.16. The highest BCUT2D eigenvalue weighted by Gasteiger charge is 2.10. The molecule has 0 unspecified atom stereocenters. The number of benzene rings is 1. The number of carbonyl (C=O) groups excluding carboxylic acids is 1. The molecule has 0 saturated heterocycles. The van der Waals surface area contributed by atoms with E-state index in [1.807, 2.05) is 0 Å². The number of sulfonamides is 1. The van der Waals surface area contributed by atoms with E-state index in [4.69, 9.17) is 15.6 Å². The molecule has 8 heteroatoms. The molecule has 0 aliphatic rings. The second kappa shape index (κ2) is 5.69. The third-order valence-electron chi connectivity index (χ3n) is 2.08. The van der Waals surface area contributed by atoms with E-state index in [0.29, 0.717) is 12.3 Å². The topological polar surface area (TPSA) is 125 Å². The van der Waals surface area contributed by atoms with Gasteiger partial charge in [0.15, 0.2) is 0 Å². The zero-order chi connectivity index (χ0) is 13.8. The van der Waals surface area contributed by atoms with Gasteiger partial charge in [0.25, 0.3) is 0 Å². The van der Waals surface area contributed by atoms with Crippen LogP contribution < -0.4 is 16.2 Å². The number of anilines is 2. The van der Waals surface area contributed by atoms with Crippen LogP contribution in [0.4, 0.5) is 11.4 Å². The molecular weight excluding hydrogens is 258 g/mol. The fourth-order valence-electron chi connectivity index (χ4n) is 1.26. The normalized spacial score (nSPS) is 11.0. The first-order valence-corrected chi connectivity index (χ1v) is 6.71. The fourth-order valence-corrected chi connectivity index (χ4v) is 1.81. The van der Waals surface area contributed by atoms with E-state index < -0.39 is 16.0 Å². The van der Waals surface area contributed by atoms with Gasteiger partial charge in [0.1, 0.15) is 6.54 Å². The molecule has 0 heterocycles. The number of ether oxygens (including phenoxy) is 1. The van der Waals surface area contributed by atoms with Gasteiger partial charge in [0, 0.05) is 0 Å². The number of hydrogen-bond donors (Lipinski definition) is 3. The van der Waals surface area contributed by atoms with E-state index in [2.05, 4.69) is 5.32 Å². The molecule has 0 atom stereocenters. The summed E-state index contributed by atoms with van der Waals surface area (Å²) < 4.78 is 26.9. The van der Waals surface area contributed by atoms with Crippen molar-refractivity contribution in [3.8, 4) is 0 Å². The highest BCUT2D eigenvalue weighted by Crippen LogP contribution is 2.21. The number of hydrogen-bond acceptors (Lipinski definition) is 6. The summed E-state index contributed by atoms with van der Waals surface area (Å²) in [5.74, 6) is -0.424. The highest BCUT2D eigenvalue weighted by molar-refractivity contribution is 7.89. The van der Waals surface area contributed by atoms with Crippen molar-refractivity contribution in [2.45, 2.75) is 11.8 Å². The van der Waals surface area contributed by atoms with E-state index in [-0.39, 0.29) is 17.1 Å². The van der Waals surface area contributed by atoms with E-state index in [1.54, 1.807) is 6.92 Å². The van der Waals surface area contributed by atoms with Crippen LogP contribution in [0.2, 0.25) is 0 Å². The lowest BCUT2D eigenvalue weighted by molar-refractivity contribution is -0.140. The molecular formula is C10H15N3O4S. The van der Waals surface area contributed by atoms with E-state index in [9.17, 15) is 13.2 Å². The molecule has 0 aromatic heterocycles. The monoisotopic (exact) mass is 273 g/mol. The number of esters is 1. The molecule has 5 N–H and O–H groups in total. The summed E-state index contributed by atoms with van der Waals surface area (Å²) in [6.07, 6.45) is 0. The minimum atomic E-state index is -3.78. The van der Waals surface area contributed by atoms with Gasteiger partial charge >= 0.3 is 5.97 Å². The molecule has 7 nitrogen and oxygen atoms in total. The zero-order valence-electron chi connectivity index (χ0n) is 9.84. The Hall–Kier alpha value is -1.80. The molecule has 1 aromatic rings. The van der Waals surface area contributed by atoms with Gasteiger partial charge in [-0.05, 0) is 25.1 Å². The Morgan fingerprint density at radius 1 is 1.44 bits per heavy atom. The molecule has 0 bridgehead atoms. The molecule has 0 aliphatic heterocycles. The van der Waals surface area contributed by atoms with Crippen LogP contribution >= 0.6 is 0 Å². The molecule has 1 aromatic carbocycles. The standard InChI is InChI=1S/C10H15N3O4S/c1-2-17-10(14)6-13-9-4-3-7(5-8(9)11)18(12,15)16/h3-5,13H,2,6,11H2,1H3,(H2,12,15,16). The molecule has 0 radical (unpaired) electrons. The van der Waals surface area contributed by atoms with Crippen LogP contribution in [-0.2, 0) is 19.6 Å². The molecule has 0 amide bonds. The van der Waals surface area contributed by atoms with Crippen LogP contribution in [0.5, 0.6) is 0 Å². The Labute approximate surface area is 105 Å². The van der Waals surface area contributed by atoms with Crippen LogP contribution in [0.3, 0.4) is 0 Å². The minimum Gasteiger partial charge on any atom is -0.465 e. The molecule has 100 valence electrons. The van der Waals surface area contributed by atoms with Crippen molar-refractivity contribution in [3.63, 3.8) is 0 Å². The zero-order valence-corrected chi connectivity index (χ0v) is 10.7. The van der Waals surface area contributed by atoms with Crippen LogP contribution in [0.15, 0.2) is 23.1 Å². The summed E-state index contributed by atoms with van der Waals surface area (Å²) in [4.78, 5) is 11.0. The Morgan fingerprint density at radius 3 is 2.61 bits per heavy atom. The fraction of sp³-hybridized carbons (Fsp3) is 0.300. The SMILES string of the molecule is CCOC(=O)CNc1ccc(S(N)(=O)=O)cc1N. The summed E-state index contributed by atoms with van der Waals surface area (Å²) in [7, 11) is -3.78. The number of carbonyl (C=O) groups is 1. The summed E-state index contributed by atoms with van der Waals surface area (Å²) in [6, 6.07) is 3.97. The van der Waals surface area contributed by atoms with Crippen molar-refractivity contribution in [2.75, 3.05) is 24.2 Å².